The van der Waals surface area contributed by atoms with Crippen molar-refractivity contribution >= 4 is 17.3 Å². The molecule has 3 rings (SSSR count). The highest BCUT2D eigenvalue weighted by molar-refractivity contribution is 7.80. The van der Waals surface area contributed by atoms with Gasteiger partial charge in [-0.3, -0.25) is 4.90 Å². The lowest BCUT2D eigenvalue weighted by Gasteiger charge is -2.35. The fraction of sp³-hybridized carbons (Fsp3) is 0.381. The molecule has 2 N–H and O–H groups in total. The van der Waals surface area contributed by atoms with Crippen molar-refractivity contribution in [3.8, 4) is 5.75 Å². The maximum absolute atomic E-state index is 13.0. The van der Waals surface area contributed by atoms with Crippen molar-refractivity contribution in [1.29, 1.82) is 0 Å². The molecular weight excluding hydrogens is 377 g/mol. The summed E-state index contributed by atoms with van der Waals surface area (Å²) >= 11 is 5.43. The number of benzene rings is 2. The van der Waals surface area contributed by atoms with Crippen LogP contribution >= 0.6 is 12.2 Å². The summed E-state index contributed by atoms with van der Waals surface area (Å²) < 4.78 is 23.8. The Morgan fingerprint density at radius 2 is 1.79 bits per heavy atom. The summed E-state index contributed by atoms with van der Waals surface area (Å²) in [6.45, 7) is 4.47. The highest BCUT2D eigenvalue weighted by Crippen LogP contribution is 2.23. The third kappa shape index (κ3) is 5.89. The summed E-state index contributed by atoms with van der Waals surface area (Å²) in [4.78, 5) is 2.40. The molecule has 1 aliphatic heterocycles. The van der Waals surface area contributed by atoms with Crippen molar-refractivity contribution in [2.45, 2.75) is 12.6 Å². The molecule has 0 amide bonds. The molecule has 5 nitrogen and oxygen atoms in total. The maximum Gasteiger partial charge on any atom is 0.166 e. The van der Waals surface area contributed by atoms with Crippen molar-refractivity contribution < 1.29 is 13.9 Å². The Hall–Kier alpha value is -2.22. The van der Waals surface area contributed by atoms with Crippen LogP contribution in [0.25, 0.3) is 0 Å². The Balaban J connectivity index is 1.58. The molecule has 1 atom stereocenters. The number of methoxy groups -OCH3 is 1. The van der Waals surface area contributed by atoms with Crippen molar-refractivity contribution in [3.05, 3.63) is 65.5 Å². The van der Waals surface area contributed by atoms with E-state index in [2.05, 4.69) is 27.7 Å². The van der Waals surface area contributed by atoms with Crippen molar-refractivity contribution in [2.24, 2.45) is 0 Å². The van der Waals surface area contributed by atoms with Gasteiger partial charge in [-0.15, -0.1) is 0 Å². The van der Waals surface area contributed by atoms with Crippen LogP contribution < -0.4 is 15.4 Å². The van der Waals surface area contributed by atoms with Gasteiger partial charge in [-0.2, -0.15) is 0 Å². The topological polar surface area (TPSA) is 45.8 Å². The van der Waals surface area contributed by atoms with E-state index in [1.165, 1.54) is 17.7 Å². The highest BCUT2D eigenvalue weighted by Gasteiger charge is 2.22. The minimum absolute atomic E-state index is 0.181. The number of halogens is 1. The fourth-order valence-corrected chi connectivity index (χ4v) is 3.36. The minimum Gasteiger partial charge on any atom is -0.497 e. The second-order valence-corrected chi connectivity index (χ2v) is 7.04. The third-order valence-electron chi connectivity index (χ3n) is 4.81. The Morgan fingerprint density at radius 1 is 1.11 bits per heavy atom. The molecule has 7 heteroatoms. The molecular formula is C21H26FN3O2S. The number of nitrogens with one attached hydrogen (secondary N) is 2. The van der Waals surface area contributed by atoms with Crippen LogP contribution in [0, 0.1) is 5.82 Å². The van der Waals surface area contributed by atoms with Crippen LogP contribution in [0.5, 0.6) is 5.75 Å². The van der Waals surface area contributed by atoms with Gasteiger partial charge in [0.1, 0.15) is 11.6 Å². The van der Waals surface area contributed by atoms with Gasteiger partial charge in [0, 0.05) is 26.2 Å². The first-order chi connectivity index (χ1) is 13.7. The lowest BCUT2D eigenvalue weighted by Crippen LogP contribution is -2.45. The molecule has 28 heavy (non-hydrogen) atoms. The van der Waals surface area contributed by atoms with E-state index in [0.717, 1.165) is 37.6 Å². The minimum atomic E-state index is -0.239. The molecule has 1 aliphatic rings. The monoisotopic (exact) mass is 403 g/mol. The lowest BCUT2D eigenvalue weighted by molar-refractivity contribution is 0.0170. The smallest absolute Gasteiger partial charge is 0.166 e. The van der Waals surface area contributed by atoms with Gasteiger partial charge in [-0.1, -0.05) is 24.3 Å². The van der Waals surface area contributed by atoms with Crippen LogP contribution in [-0.2, 0) is 11.3 Å². The van der Waals surface area contributed by atoms with Crippen LogP contribution in [0.15, 0.2) is 48.5 Å². The molecule has 2 aromatic carbocycles. The first kappa shape index (κ1) is 20.5. The molecule has 1 saturated heterocycles. The molecule has 0 aromatic heterocycles. The molecule has 0 saturated carbocycles. The average molecular weight is 404 g/mol. The summed E-state index contributed by atoms with van der Waals surface area (Å²) in [6, 6.07) is 14.7. The zero-order chi connectivity index (χ0) is 19.8. The van der Waals surface area contributed by atoms with E-state index in [4.69, 9.17) is 21.7 Å². The zero-order valence-corrected chi connectivity index (χ0v) is 16.8. The second-order valence-electron chi connectivity index (χ2n) is 6.63. The van der Waals surface area contributed by atoms with E-state index < -0.39 is 0 Å². The van der Waals surface area contributed by atoms with Gasteiger partial charge < -0.3 is 20.1 Å². The number of nitrogens with zero attached hydrogens (tertiary/aromatic N) is 1. The van der Waals surface area contributed by atoms with E-state index >= 15 is 0 Å². The lowest BCUT2D eigenvalue weighted by atomic mass is 10.0. The zero-order valence-electron chi connectivity index (χ0n) is 16.0. The van der Waals surface area contributed by atoms with Crippen molar-refractivity contribution in [1.82, 2.24) is 15.5 Å². The number of thiocarbonyl (C=S) groups is 1. The van der Waals surface area contributed by atoms with E-state index in [0.29, 0.717) is 18.2 Å². The quantitative estimate of drug-likeness (QED) is 0.694. The Morgan fingerprint density at radius 3 is 2.43 bits per heavy atom. The normalized spacial score (nSPS) is 15.6. The molecule has 150 valence electrons. The summed E-state index contributed by atoms with van der Waals surface area (Å²) in [5, 5.41) is 7.08. The first-order valence-electron chi connectivity index (χ1n) is 9.37. The van der Waals surface area contributed by atoms with Gasteiger partial charge in [-0.25, -0.2) is 4.39 Å². The summed E-state index contributed by atoms with van der Waals surface area (Å²) in [6.07, 6.45) is 0. The molecule has 1 fully saturated rings. The van der Waals surface area contributed by atoms with Gasteiger partial charge in [0.2, 0.25) is 0 Å². The van der Waals surface area contributed by atoms with Gasteiger partial charge in [0.15, 0.2) is 5.11 Å². The summed E-state index contributed by atoms with van der Waals surface area (Å²) in [5.74, 6) is 0.603. The largest absolute Gasteiger partial charge is 0.497 e. The van der Waals surface area contributed by atoms with Gasteiger partial charge >= 0.3 is 0 Å². The Bertz CT molecular complexity index is 749. The number of rotatable bonds is 7. The van der Waals surface area contributed by atoms with Crippen LogP contribution in [0.3, 0.4) is 0 Å². The maximum atomic E-state index is 13.0. The van der Waals surface area contributed by atoms with Crippen molar-refractivity contribution in [3.63, 3.8) is 0 Å². The van der Waals surface area contributed by atoms with E-state index in [-0.39, 0.29) is 11.9 Å². The fourth-order valence-electron chi connectivity index (χ4n) is 3.21. The van der Waals surface area contributed by atoms with Gasteiger partial charge in [0.05, 0.1) is 26.4 Å². The third-order valence-corrected chi connectivity index (χ3v) is 5.10. The predicted molar refractivity (Wildman–Crippen MR) is 112 cm³/mol. The Labute approximate surface area is 170 Å². The van der Waals surface area contributed by atoms with Gasteiger partial charge in [-0.05, 0) is 47.6 Å². The first-order valence-corrected chi connectivity index (χ1v) is 9.78. The van der Waals surface area contributed by atoms with Crippen LogP contribution in [0.4, 0.5) is 4.39 Å². The molecule has 0 spiro atoms. The number of ether oxygens (including phenoxy) is 2. The summed E-state index contributed by atoms with van der Waals surface area (Å²) in [7, 11) is 1.67. The predicted octanol–water partition coefficient (Wildman–Crippen LogP) is 2.87. The number of hydrogen-bond acceptors (Lipinski definition) is 4. The van der Waals surface area contributed by atoms with Crippen LogP contribution in [-0.4, -0.2) is 50.0 Å². The number of morpholine rings is 1. The molecule has 0 aliphatic carbocycles. The number of hydrogen-bond donors (Lipinski definition) is 2. The Kier molecular flexibility index (Phi) is 7.59. The molecule has 0 unspecified atom stereocenters. The highest BCUT2D eigenvalue weighted by atomic mass is 32.1. The van der Waals surface area contributed by atoms with E-state index in [9.17, 15) is 4.39 Å². The van der Waals surface area contributed by atoms with Crippen LogP contribution in [0.1, 0.15) is 17.2 Å². The standard InChI is InChI=1S/C21H26FN3O2S/c1-26-19-8-4-17(5-9-19)20(25-10-12-27-13-11-25)15-24-21(28)23-14-16-2-6-18(22)7-3-16/h2-9,20H,10-15H2,1H3,(H2,23,24,28)/t20-/m1/s1. The van der Waals surface area contributed by atoms with Crippen LogP contribution in [0.2, 0.25) is 0 Å². The SMILES string of the molecule is COc1ccc([C@@H](CNC(=S)NCc2ccc(F)cc2)N2CCOCC2)cc1. The molecule has 0 radical (unpaired) electrons. The molecule has 1 heterocycles. The second kappa shape index (κ2) is 10.4. The molecule has 0 bridgehead atoms. The van der Waals surface area contributed by atoms with Crippen molar-refractivity contribution in [2.75, 3.05) is 40.0 Å². The van der Waals surface area contributed by atoms with E-state index in [1.807, 2.05) is 12.1 Å². The summed E-state index contributed by atoms with van der Waals surface area (Å²) in [5.41, 5.74) is 2.18. The average Bonchev–Trinajstić information content (AvgIpc) is 2.74. The van der Waals surface area contributed by atoms with Gasteiger partial charge in [0.25, 0.3) is 0 Å². The molecule has 2 aromatic rings. The van der Waals surface area contributed by atoms with E-state index in [1.54, 1.807) is 19.2 Å².